The third kappa shape index (κ3) is 4.13. The van der Waals surface area contributed by atoms with E-state index in [0.717, 1.165) is 43.7 Å². The summed E-state index contributed by atoms with van der Waals surface area (Å²) < 4.78 is 5.83. The van der Waals surface area contributed by atoms with Gasteiger partial charge in [-0.1, -0.05) is 19.1 Å². The molecule has 3 rings (SSSR count). The number of carbonyl (C=O) groups excluding carboxylic acids is 1. The van der Waals surface area contributed by atoms with E-state index in [4.69, 9.17) is 4.74 Å². The standard InChI is InChI=1S/C20H24N2O2/c1-2-16-5-7-18(8-6-16)20(23)22-13-3-4-17(14-22)15-24-19-9-11-21-12-10-19/h5-12,17H,2-4,13-15H2,1H3. The molecular formula is C20H24N2O2. The van der Waals surface area contributed by atoms with Crippen LogP contribution >= 0.6 is 0 Å². The van der Waals surface area contributed by atoms with Gasteiger partial charge in [0, 0.05) is 37.0 Å². The van der Waals surface area contributed by atoms with Crippen LogP contribution in [0.25, 0.3) is 0 Å². The van der Waals surface area contributed by atoms with Crippen molar-refractivity contribution >= 4 is 5.91 Å². The highest BCUT2D eigenvalue weighted by molar-refractivity contribution is 5.94. The van der Waals surface area contributed by atoms with Gasteiger partial charge in [-0.3, -0.25) is 9.78 Å². The lowest BCUT2D eigenvalue weighted by Gasteiger charge is -2.32. The second-order valence-electron chi connectivity index (χ2n) is 6.30. The molecule has 126 valence electrons. The molecule has 0 saturated carbocycles. The van der Waals surface area contributed by atoms with Crippen molar-refractivity contribution in [3.8, 4) is 5.75 Å². The number of hydrogen-bond donors (Lipinski definition) is 0. The van der Waals surface area contributed by atoms with Crippen LogP contribution in [0.2, 0.25) is 0 Å². The molecule has 1 unspecified atom stereocenters. The predicted molar refractivity (Wildman–Crippen MR) is 94.2 cm³/mol. The van der Waals surface area contributed by atoms with E-state index in [-0.39, 0.29) is 5.91 Å². The van der Waals surface area contributed by atoms with Crippen molar-refractivity contribution in [3.63, 3.8) is 0 Å². The summed E-state index contributed by atoms with van der Waals surface area (Å²) in [5.74, 6) is 1.35. The molecule has 1 atom stereocenters. The van der Waals surface area contributed by atoms with E-state index in [1.165, 1.54) is 5.56 Å². The van der Waals surface area contributed by atoms with Crippen molar-refractivity contribution in [2.45, 2.75) is 26.2 Å². The first kappa shape index (κ1) is 16.5. The maximum absolute atomic E-state index is 12.7. The highest BCUT2D eigenvalue weighted by Gasteiger charge is 2.24. The lowest BCUT2D eigenvalue weighted by atomic mass is 9.98. The molecule has 0 N–H and O–H groups in total. The molecule has 0 bridgehead atoms. The zero-order chi connectivity index (χ0) is 16.8. The number of piperidine rings is 1. The molecule has 0 radical (unpaired) electrons. The second-order valence-corrected chi connectivity index (χ2v) is 6.30. The van der Waals surface area contributed by atoms with E-state index >= 15 is 0 Å². The molecule has 0 aliphatic carbocycles. The molecule has 1 amide bonds. The third-order valence-corrected chi connectivity index (χ3v) is 4.55. The van der Waals surface area contributed by atoms with Crippen LogP contribution < -0.4 is 4.74 Å². The Balaban J connectivity index is 1.57. The van der Waals surface area contributed by atoms with Crippen LogP contribution in [0.1, 0.15) is 35.7 Å². The van der Waals surface area contributed by atoms with Crippen molar-refractivity contribution in [2.24, 2.45) is 5.92 Å². The monoisotopic (exact) mass is 324 g/mol. The summed E-state index contributed by atoms with van der Waals surface area (Å²) in [6, 6.07) is 11.7. The van der Waals surface area contributed by atoms with Crippen LogP contribution in [0.3, 0.4) is 0 Å². The Labute approximate surface area is 143 Å². The summed E-state index contributed by atoms with van der Waals surface area (Å²) in [7, 11) is 0. The second kappa shape index (κ2) is 7.95. The molecule has 1 aliphatic rings. The Hall–Kier alpha value is -2.36. The van der Waals surface area contributed by atoms with Crippen molar-refractivity contribution in [3.05, 3.63) is 59.9 Å². The quantitative estimate of drug-likeness (QED) is 0.844. The number of carbonyl (C=O) groups is 1. The fourth-order valence-corrected chi connectivity index (χ4v) is 3.10. The molecule has 4 heteroatoms. The van der Waals surface area contributed by atoms with Crippen LogP contribution in [0, 0.1) is 5.92 Å². The fraction of sp³-hybridized carbons (Fsp3) is 0.400. The highest BCUT2D eigenvalue weighted by Crippen LogP contribution is 2.20. The number of likely N-dealkylation sites (tertiary alicyclic amines) is 1. The van der Waals surface area contributed by atoms with E-state index in [1.807, 2.05) is 41.3 Å². The van der Waals surface area contributed by atoms with Gasteiger partial charge in [-0.05, 0) is 49.1 Å². The Kier molecular flexibility index (Phi) is 5.47. The van der Waals surface area contributed by atoms with Gasteiger partial charge in [0.2, 0.25) is 0 Å². The van der Waals surface area contributed by atoms with Gasteiger partial charge in [-0.25, -0.2) is 0 Å². The summed E-state index contributed by atoms with van der Waals surface area (Å²) in [5, 5.41) is 0. The molecule has 1 saturated heterocycles. The van der Waals surface area contributed by atoms with Crippen LogP contribution in [0.15, 0.2) is 48.8 Å². The van der Waals surface area contributed by atoms with Gasteiger partial charge < -0.3 is 9.64 Å². The van der Waals surface area contributed by atoms with Gasteiger partial charge in [0.05, 0.1) is 6.61 Å². The van der Waals surface area contributed by atoms with E-state index in [0.29, 0.717) is 12.5 Å². The zero-order valence-corrected chi connectivity index (χ0v) is 14.1. The smallest absolute Gasteiger partial charge is 0.253 e. The van der Waals surface area contributed by atoms with Crippen molar-refractivity contribution in [1.82, 2.24) is 9.88 Å². The van der Waals surface area contributed by atoms with Crippen LogP contribution in [0.5, 0.6) is 5.75 Å². The van der Waals surface area contributed by atoms with Crippen molar-refractivity contribution in [1.29, 1.82) is 0 Å². The number of amides is 1. The summed E-state index contributed by atoms with van der Waals surface area (Å²) >= 11 is 0. The van der Waals surface area contributed by atoms with E-state index in [9.17, 15) is 4.79 Å². The SMILES string of the molecule is CCc1ccc(C(=O)N2CCCC(COc3ccncc3)C2)cc1. The Morgan fingerprint density at radius 2 is 1.96 bits per heavy atom. The van der Waals surface area contributed by atoms with Crippen LogP contribution in [0.4, 0.5) is 0 Å². The maximum atomic E-state index is 12.7. The molecule has 1 aliphatic heterocycles. The fourth-order valence-electron chi connectivity index (χ4n) is 3.10. The third-order valence-electron chi connectivity index (χ3n) is 4.55. The lowest BCUT2D eigenvalue weighted by molar-refractivity contribution is 0.0633. The van der Waals surface area contributed by atoms with Gasteiger partial charge in [-0.15, -0.1) is 0 Å². The Bertz CT molecular complexity index is 655. The maximum Gasteiger partial charge on any atom is 0.253 e. The average Bonchev–Trinajstić information content (AvgIpc) is 2.67. The molecule has 2 heterocycles. The first-order valence-electron chi connectivity index (χ1n) is 8.67. The first-order valence-corrected chi connectivity index (χ1v) is 8.67. The molecule has 1 fully saturated rings. The minimum atomic E-state index is 0.131. The van der Waals surface area contributed by atoms with Gasteiger partial charge in [0.1, 0.15) is 5.75 Å². The topological polar surface area (TPSA) is 42.4 Å². The summed E-state index contributed by atoms with van der Waals surface area (Å²) in [4.78, 5) is 18.6. The number of pyridine rings is 1. The summed E-state index contributed by atoms with van der Waals surface area (Å²) in [5.41, 5.74) is 2.04. The van der Waals surface area contributed by atoms with Gasteiger partial charge >= 0.3 is 0 Å². The number of benzene rings is 1. The minimum Gasteiger partial charge on any atom is -0.493 e. The first-order chi connectivity index (χ1) is 11.8. The largest absolute Gasteiger partial charge is 0.493 e. The number of ether oxygens (including phenoxy) is 1. The van der Waals surface area contributed by atoms with E-state index in [1.54, 1.807) is 12.4 Å². The predicted octanol–water partition coefficient (Wildman–Crippen LogP) is 3.58. The van der Waals surface area contributed by atoms with Crippen molar-refractivity contribution < 1.29 is 9.53 Å². The normalized spacial score (nSPS) is 17.5. The number of nitrogens with zero attached hydrogens (tertiary/aromatic N) is 2. The summed E-state index contributed by atoms with van der Waals surface area (Å²) in [6.07, 6.45) is 6.58. The molecule has 2 aromatic rings. The zero-order valence-electron chi connectivity index (χ0n) is 14.1. The Morgan fingerprint density at radius 1 is 1.21 bits per heavy atom. The minimum absolute atomic E-state index is 0.131. The average molecular weight is 324 g/mol. The molecule has 24 heavy (non-hydrogen) atoms. The van der Waals surface area contributed by atoms with E-state index in [2.05, 4.69) is 11.9 Å². The molecule has 1 aromatic heterocycles. The number of rotatable bonds is 5. The van der Waals surface area contributed by atoms with Crippen LogP contribution in [-0.2, 0) is 6.42 Å². The number of hydrogen-bond acceptors (Lipinski definition) is 3. The molecular weight excluding hydrogens is 300 g/mol. The Morgan fingerprint density at radius 3 is 2.67 bits per heavy atom. The number of aromatic nitrogens is 1. The molecule has 0 spiro atoms. The number of aryl methyl sites for hydroxylation is 1. The van der Waals surface area contributed by atoms with Crippen LogP contribution in [-0.4, -0.2) is 35.5 Å². The molecule has 4 nitrogen and oxygen atoms in total. The highest BCUT2D eigenvalue weighted by atomic mass is 16.5. The summed E-state index contributed by atoms with van der Waals surface area (Å²) in [6.45, 7) is 4.36. The molecule has 1 aromatic carbocycles. The van der Waals surface area contributed by atoms with Gasteiger partial charge in [-0.2, -0.15) is 0 Å². The lowest BCUT2D eigenvalue weighted by Crippen LogP contribution is -2.41. The van der Waals surface area contributed by atoms with Gasteiger partial charge in [0.15, 0.2) is 0 Å². The van der Waals surface area contributed by atoms with Gasteiger partial charge in [0.25, 0.3) is 5.91 Å². The van der Waals surface area contributed by atoms with E-state index < -0.39 is 0 Å². The van der Waals surface area contributed by atoms with Crippen molar-refractivity contribution in [2.75, 3.05) is 19.7 Å².